The second-order valence-corrected chi connectivity index (χ2v) is 12.2. The molecule has 0 saturated heterocycles. The highest BCUT2D eigenvalue weighted by atomic mass is 19.2. The van der Waals surface area contributed by atoms with Gasteiger partial charge >= 0.3 is 0 Å². The number of allylic oxidation sites excluding steroid dienone is 3. The van der Waals surface area contributed by atoms with Gasteiger partial charge in [0.2, 0.25) is 0 Å². The second-order valence-electron chi connectivity index (χ2n) is 12.2. The molecule has 0 aromatic heterocycles. The van der Waals surface area contributed by atoms with Crippen LogP contribution in [0.5, 0.6) is 0 Å². The largest absolute Gasteiger partial charge is 0.206 e. The standard InChI is InChI=1S/C38H43F3/c1-3-5-6-7-8-32-21-24-35(38(41)37(32)40)31-19-17-30(18-20-31)34-23-22-33(25-36(34)39)29-15-13-28(14-16-29)27-11-9-26(4-2)10-12-27/h3-5,17-29H,2,6-16H2,1H3/b5-3-. The van der Waals surface area contributed by atoms with E-state index in [-0.39, 0.29) is 11.4 Å². The maximum atomic E-state index is 15.3. The Hall–Kier alpha value is -3.07. The number of unbranched alkanes of at least 4 members (excludes halogenated alkanes) is 1. The van der Waals surface area contributed by atoms with Crippen LogP contribution in [0.3, 0.4) is 0 Å². The minimum atomic E-state index is -0.823. The molecular weight excluding hydrogens is 513 g/mol. The first-order valence-electron chi connectivity index (χ1n) is 15.6. The summed E-state index contributed by atoms with van der Waals surface area (Å²) in [6, 6.07) is 16.1. The van der Waals surface area contributed by atoms with Crippen molar-refractivity contribution in [2.45, 2.75) is 83.5 Å². The van der Waals surface area contributed by atoms with Gasteiger partial charge in [-0.15, -0.1) is 6.58 Å². The SMILES string of the molecule is C=CC1CCC(C2CCC(c3ccc(-c4ccc(-c5ccc(CCC/C=C\C)c(F)c5F)cc4)c(F)c3)CC2)CC1. The first kappa shape index (κ1) is 29.4. The Balaban J connectivity index is 1.22. The molecule has 0 unspecified atom stereocenters. The van der Waals surface area contributed by atoms with E-state index in [0.717, 1.165) is 48.6 Å². The molecule has 5 rings (SSSR count). The number of benzene rings is 3. The van der Waals surface area contributed by atoms with E-state index in [2.05, 4.69) is 18.7 Å². The summed E-state index contributed by atoms with van der Waals surface area (Å²) in [7, 11) is 0. The molecule has 0 atom stereocenters. The molecule has 0 N–H and O–H groups in total. The molecule has 0 spiro atoms. The molecule has 3 aromatic carbocycles. The van der Waals surface area contributed by atoms with Gasteiger partial charge in [-0.25, -0.2) is 13.2 Å². The lowest BCUT2D eigenvalue weighted by Crippen LogP contribution is -2.25. The van der Waals surface area contributed by atoms with Crippen molar-refractivity contribution in [3.05, 3.63) is 108 Å². The van der Waals surface area contributed by atoms with E-state index in [1.807, 2.05) is 25.1 Å². The summed E-state index contributed by atoms with van der Waals surface area (Å²) in [5.74, 6) is 0.978. The molecule has 3 heteroatoms. The smallest absolute Gasteiger partial charge is 0.166 e. The normalized spacial score (nSPS) is 23.1. The maximum absolute atomic E-state index is 15.3. The summed E-state index contributed by atoms with van der Waals surface area (Å²) in [5.41, 5.74) is 3.58. The monoisotopic (exact) mass is 556 g/mol. The van der Waals surface area contributed by atoms with Crippen LogP contribution in [0, 0.1) is 35.2 Å². The lowest BCUT2D eigenvalue weighted by atomic mass is 9.68. The quantitative estimate of drug-likeness (QED) is 0.182. The van der Waals surface area contributed by atoms with Gasteiger partial charge in [0, 0.05) is 11.1 Å². The van der Waals surface area contributed by atoms with Crippen molar-refractivity contribution in [2.75, 3.05) is 0 Å². The molecule has 41 heavy (non-hydrogen) atoms. The van der Waals surface area contributed by atoms with Crippen LogP contribution in [0.15, 0.2) is 79.4 Å². The number of aryl methyl sites for hydroxylation is 1. The van der Waals surface area contributed by atoms with Crippen molar-refractivity contribution in [2.24, 2.45) is 17.8 Å². The highest BCUT2D eigenvalue weighted by Gasteiger charge is 2.31. The van der Waals surface area contributed by atoms with E-state index in [1.54, 1.807) is 42.5 Å². The molecule has 2 aliphatic carbocycles. The zero-order chi connectivity index (χ0) is 28.8. The van der Waals surface area contributed by atoms with Crippen LogP contribution in [0.1, 0.15) is 88.2 Å². The van der Waals surface area contributed by atoms with E-state index in [4.69, 9.17) is 0 Å². The van der Waals surface area contributed by atoms with Gasteiger partial charge in [-0.05, 0) is 130 Å². The average molecular weight is 557 g/mol. The molecule has 0 amide bonds. The predicted molar refractivity (Wildman–Crippen MR) is 165 cm³/mol. The Morgan fingerprint density at radius 3 is 1.95 bits per heavy atom. The molecule has 0 bridgehead atoms. The molecule has 0 aliphatic heterocycles. The van der Waals surface area contributed by atoms with Crippen LogP contribution < -0.4 is 0 Å². The summed E-state index contributed by atoms with van der Waals surface area (Å²) in [4.78, 5) is 0. The van der Waals surface area contributed by atoms with Gasteiger partial charge in [0.25, 0.3) is 0 Å². The Morgan fingerprint density at radius 2 is 1.34 bits per heavy atom. The summed E-state index contributed by atoms with van der Waals surface area (Å²) < 4.78 is 45.0. The van der Waals surface area contributed by atoms with Crippen LogP contribution in [-0.2, 0) is 6.42 Å². The summed E-state index contributed by atoms with van der Waals surface area (Å²) in [6.45, 7) is 5.93. The Labute approximate surface area is 244 Å². The average Bonchev–Trinajstić information content (AvgIpc) is 3.01. The highest BCUT2D eigenvalue weighted by Crippen LogP contribution is 2.44. The van der Waals surface area contributed by atoms with Crippen LogP contribution >= 0.6 is 0 Å². The Kier molecular flexibility index (Phi) is 9.85. The first-order valence-corrected chi connectivity index (χ1v) is 15.6. The second kappa shape index (κ2) is 13.7. The maximum Gasteiger partial charge on any atom is 0.166 e. The number of rotatable bonds is 9. The minimum absolute atomic E-state index is 0.223. The van der Waals surface area contributed by atoms with Crippen molar-refractivity contribution < 1.29 is 13.2 Å². The molecule has 2 fully saturated rings. The van der Waals surface area contributed by atoms with Gasteiger partial charge in [-0.3, -0.25) is 0 Å². The van der Waals surface area contributed by atoms with Crippen molar-refractivity contribution in [3.8, 4) is 22.3 Å². The minimum Gasteiger partial charge on any atom is -0.206 e. The van der Waals surface area contributed by atoms with E-state index >= 15 is 4.39 Å². The van der Waals surface area contributed by atoms with Gasteiger partial charge in [0.1, 0.15) is 5.82 Å². The van der Waals surface area contributed by atoms with Crippen molar-refractivity contribution in [1.29, 1.82) is 0 Å². The number of hydrogen-bond donors (Lipinski definition) is 0. The molecule has 2 aliphatic rings. The van der Waals surface area contributed by atoms with E-state index in [9.17, 15) is 8.78 Å². The van der Waals surface area contributed by atoms with Gasteiger partial charge in [0.15, 0.2) is 11.6 Å². The molecule has 3 aromatic rings. The Morgan fingerprint density at radius 1 is 0.732 bits per heavy atom. The van der Waals surface area contributed by atoms with Crippen molar-refractivity contribution >= 4 is 0 Å². The molecule has 0 nitrogen and oxygen atoms in total. The van der Waals surface area contributed by atoms with Gasteiger partial charge in [0.05, 0.1) is 0 Å². The molecule has 0 heterocycles. The number of halogens is 3. The highest BCUT2D eigenvalue weighted by molar-refractivity contribution is 5.71. The lowest BCUT2D eigenvalue weighted by Gasteiger charge is -2.37. The lowest BCUT2D eigenvalue weighted by molar-refractivity contribution is 0.171. The van der Waals surface area contributed by atoms with E-state index < -0.39 is 11.6 Å². The molecule has 216 valence electrons. The van der Waals surface area contributed by atoms with Gasteiger partial charge in [-0.1, -0.05) is 66.8 Å². The summed E-state index contributed by atoms with van der Waals surface area (Å²) in [6.07, 6.45) is 18.2. The van der Waals surface area contributed by atoms with Gasteiger partial charge in [-0.2, -0.15) is 0 Å². The molecular formula is C38H43F3. The number of hydrogen-bond acceptors (Lipinski definition) is 0. The van der Waals surface area contributed by atoms with Crippen LogP contribution in [0.25, 0.3) is 22.3 Å². The van der Waals surface area contributed by atoms with Crippen LogP contribution in [-0.4, -0.2) is 0 Å². The zero-order valence-corrected chi connectivity index (χ0v) is 24.4. The predicted octanol–water partition coefficient (Wildman–Crippen LogP) is 11.6. The Bertz CT molecular complexity index is 1340. The summed E-state index contributed by atoms with van der Waals surface area (Å²) >= 11 is 0. The fraction of sp³-hybridized carbons (Fsp3) is 0.421. The fourth-order valence-corrected chi connectivity index (χ4v) is 7.21. The third-order valence-corrected chi connectivity index (χ3v) is 9.77. The van der Waals surface area contributed by atoms with Crippen LogP contribution in [0.4, 0.5) is 13.2 Å². The van der Waals surface area contributed by atoms with Gasteiger partial charge < -0.3 is 0 Å². The third-order valence-electron chi connectivity index (χ3n) is 9.77. The molecule has 0 radical (unpaired) electrons. The topological polar surface area (TPSA) is 0 Å². The zero-order valence-electron chi connectivity index (χ0n) is 24.4. The van der Waals surface area contributed by atoms with E-state index in [1.165, 1.54) is 38.5 Å². The summed E-state index contributed by atoms with van der Waals surface area (Å²) in [5, 5.41) is 0. The van der Waals surface area contributed by atoms with E-state index in [0.29, 0.717) is 34.9 Å². The van der Waals surface area contributed by atoms with Crippen molar-refractivity contribution in [1.82, 2.24) is 0 Å². The van der Waals surface area contributed by atoms with Crippen LogP contribution in [0.2, 0.25) is 0 Å². The first-order chi connectivity index (χ1) is 20.0. The third kappa shape index (κ3) is 6.88. The van der Waals surface area contributed by atoms with Crippen molar-refractivity contribution in [3.63, 3.8) is 0 Å². The fourth-order valence-electron chi connectivity index (χ4n) is 7.21. The molecule has 2 saturated carbocycles.